The lowest BCUT2D eigenvalue weighted by Crippen LogP contribution is -2.45. The fourth-order valence-electron chi connectivity index (χ4n) is 4.65. The molecule has 1 aromatic carbocycles. The highest BCUT2D eigenvalue weighted by atomic mass is 32.2. The van der Waals surface area contributed by atoms with E-state index in [9.17, 15) is 13.2 Å². The fraction of sp³-hybridized carbons (Fsp3) is 0.618. The Labute approximate surface area is 276 Å². The summed E-state index contributed by atoms with van der Waals surface area (Å²) in [6, 6.07) is 11.9. The van der Waals surface area contributed by atoms with Gasteiger partial charge in [-0.05, 0) is 89.8 Å². The molecule has 0 atom stereocenters. The molecule has 45 heavy (non-hydrogen) atoms. The molecule has 0 spiro atoms. The number of rotatable bonds is 8. The van der Waals surface area contributed by atoms with Crippen LogP contribution in [0.5, 0.6) is 5.88 Å². The van der Waals surface area contributed by atoms with E-state index in [1.165, 1.54) is 17.1 Å². The van der Waals surface area contributed by atoms with E-state index in [4.69, 9.17) is 14.5 Å². The van der Waals surface area contributed by atoms with Gasteiger partial charge in [0.05, 0.1) is 27.9 Å². The minimum atomic E-state index is -3.20. The molecular formula is C34H56N4O5S2. The number of benzene rings is 1. The first-order chi connectivity index (χ1) is 20.5. The SMILES string of the molecule is C.C.CC(C)C(=O)OC1CCCC1.CC(C)NS(=O)(=O)N1CCCCC1.CC(C)Oc1nc2ccccc2nc1-c1cccs1. The zero-order valence-electron chi connectivity index (χ0n) is 26.4. The Balaban J connectivity index is 0.000000346. The van der Waals surface area contributed by atoms with Crippen molar-refractivity contribution >= 4 is 38.5 Å². The Bertz CT molecular complexity index is 1370. The van der Waals surface area contributed by atoms with Gasteiger partial charge in [0.25, 0.3) is 10.2 Å². The molecule has 3 aromatic rings. The van der Waals surface area contributed by atoms with E-state index in [1.54, 1.807) is 11.3 Å². The van der Waals surface area contributed by atoms with Crippen molar-refractivity contribution in [3.05, 3.63) is 41.8 Å². The van der Waals surface area contributed by atoms with Crippen molar-refractivity contribution < 1.29 is 22.7 Å². The van der Waals surface area contributed by atoms with Crippen LogP contribution in [0.3, 0.4) is 0 Å². The number of carbonyl (C=O) groups is 1. The summed E-state index contributed by atoms with van der Waals surface area (Å²) in [5, 5.41) is 2.03. The summed E-state index contributed by atoms with van der Waals surface area (Å²) in [6.45, 7) is 12.7. The number of para-hydroxylation sites is 2. The number of aromatic nitrogens is 2. The molecule has 1 aliphatic heterocycles. The van der Waals surface area contributed by atoms with Crippen LogP contribution in [0.4, 0.5) is 0 Å². The van der Waals surface area contributed by atoms with E-state index in [0.717, 1.165) is 53.7 Å². The largest absolute Gasteiger partial charge is 0.473 e. The predicted octanol–water partition coefficient (Wildman–Crippen LogP) is 8.26. The van der Waals surface area contributed by atoms with Crippen LogP contribution < -0.4 is 9.46 Å². The van der Waals surface area contributed by atoms with E-state index in [2.05, 4.69) is 9.71 Å². The lowest BCUT2D eigenvalue weighted by atomic mass is 10.2. The third kappa shape index (κ3) is 13.3. The van der Waals surface area contributed by atoms with Crippen molar-refractivity contribution in [1.82, 2.24) is 19.0 Å². The summed E-state index contributed by atoms with van der Waals surface area (Å²) in [7, 11) is -3.20. The van der Waals surface area contributed by atoms with Gasteiger partial charge in [-0.25, -0.2) is 9.97 Å². The van der Waals surface area contributed by atoms with Crippen molar-refractivity contribution in [1.29, 1.82) is 0 Å². The third-order valence-electron chi connectivity index (χ3n) is 6.74. The third-order valence-corrected chi connectivity index (χ3v) is 9.43. The molecule has 5 rings (SSSR count). The Morgan fingerprint density at radius 1 is 0.889 bits per heavy atom. The molecular weight excluding hydrogens is 609 g/mol. The summed E-state index contributed by atoms with van der Waals surface area (Å²) in [6.07, 6.45) is 7.99. The average Bonchev–Trinajstić information content (AvgIpc) is 3.68. The molecule has 0 unspecified atom stereocenters. The van der Waals surface area contributed by atoms with Crippen LogP contribution in [0, 0.1) is 5.92 Å². The maximum Gasteiger partial charge on any atom is 0.308 e. The van der Waals surface area contributed by atoms with Crippen LogP contribution in [-0.2, 0) is 19.7 Å². The number of ether oxygens (including phenoxy) is 2. The van der Waals surface area contributed by atoms with E-state index in [1.807, 2.05) is 83.3 Å². The predicted molar refractivity (Wildman–Crippen MR) is 188 cm³/mol. The first kappa shape index (κ1) is 40.4. The number of nitrogens with zero attached hydrogens (tertiary/aromatic N) is 3. The Morgan fingerprint density at radius 2 is 1.49 bits per heavy atom. The second-order valence-electron chi connectivity index (χ2n) is 11.7. The lowest BCUT2D eigenvalue weighted by Gasteiger charge is -2.26. The number of esters is 1. The topological polar surface area (TPSA) is 111 Å². The van der Waals surface area contributed by atoms with Crippen LogP contribution in [0.25, 0.3) is 21.6 Å². The van der Waals surface area contributed by atoms with Crippen LogP contribution in [0.2, 0.25) is 0 Å². The van der Waals surface area contributed by atoms with Gasteiger partial charge in [-0.2, -0.15) is 17.4 Å². The van der Waals surface area contributed by atoms with Gasteiger partial charge in [0.1, 0.15) is 11.8 Å². The van der Waals surface area contributed by atoms with Gasteiger partial charge in [-0.15, -0.1) is 11.3 Å². The summed E-state index contributed by atoms with van der Waals surface area (Å²) in [5.41, 5.74) is 2.57. The van der Waals surface area contributed by atoms with Crippen molar-refractivity contribution in [2.45, 2.75) is 120 Å². The number of hydrogen-bond donors (Lipinski definition) is 1. The maximum absolute atomic E-state index is 11.6. The van der Waals surface area contributed by atoms with Crippen molar-refractivity contribution in [3.8, 4) is 16.5 Å². The first-order valence-electron chi connectivity index (χ1n) is 15.4. The van der Waals surface area contributed by atoms with Gasteiger partial charge in [0, 0.05) is 19.1 Å². The number of hydrogen-bond acceptors (Lipinski definition) is 8. The highest BCUT2D eigenvalue weighted by Crippen LogP contribution is 2.32. The molecule has 2 aromatic heterocycles. The van der Waals surface area contributed by atoms with Crippen LogP contribution >= 0.6 is 11.3 Å². The number of thiophene rings is 1. The molecule has 0 radical (unpaired) electrons. The monoisotopic (exact) mass is 664 g/mol. The molecule has 3 heterocycles. The first-order valence-corrected chi connectivity index (χ1v) is 17.7. The van der Waals surface area contributed by atoms with Crippen LogP contribution in [-0.4, -0.2) is 60.0 Å². The van der Waals surface area contributed by atoms with Gasteiger partial charge in [-0.3, -0.25) is 4.79 Å². The summed E-state index contributed by atoms with van der Waals surface area (Å²) in [5.74, 6) is 0.587. The number of nitrogens with one attached hydrogen (secondary N) is 1. The lowest BCUT2D eigenvalue weighted by molar-refractivity contribution is -0.152. The molecule has 2 fully saturated rings. The summed E-state index contributed by atoms with van der Waals surface area (Å²) >= 11 is 1.64. The van der Waals surface area contributed by atoms with Gasteiger partial charge in [-0.1, -0.05) is 53.3 Å². The molecule has 1 saturated carbocycles. The Hall–Kier alpha value is -2.60. The van der Waals surface area contributed by atoms with Crippen LogP contribution in [0.1, 0.15) is 101 Å². The second kappa shape index (κ2) is 19.8. The molecule has 2 aliphatic rings. The molecule has 0 amide bonds. The van der Waals surface area contributed by atoms with Gasteiger partial charge in [0.15, 0.2) is 0 Å². The molecule has 11 heteroatoms. The van der Waals surface area contributed by atoms with E-state index >= 15 is 0 Å². The Morgan fingerprint density at radius 3 is 2.00 bits per heavy atom. The van der Waals surface area contributed by atoms with Gasteiger partial charge in [0.2, 0.25) is 5.88 Å². The summed E-state index contributed by atoms with van der Waals surface area (Å²) < 4.78 is 38.4. The zero-order valence-corrected chi connectivity index (χ0v) is 28.0. The minimum absolute atomic E-state index is 0. The summed E-state index contributed by atoms with van der Waals surface area (Å²) in [4.78, 5) is 21.4. The number of carbonyl (C=O) groups excluding carboxylic acids is 1. The van der Waals surface area contributed by atoms with Crippen LogP contribution in [0.15, 0.2) is 41.8 Å². The fourth-order valence-corrected chi connectivity index (χ4v) is 6.84. The minimum Gasteiger partial charge on any atom is -0.473 e. The molecule has 0 bridgehead atoms. The molecule has 9 nitrogen and oxygen atoms in total. The highest BCUT2D eigenvalue weighted by molar-refractivity contribution is 7.87. The van der Waals surface area contributed by atoms with E-state index < -0.39 is 10.2 Å². The smallest absolute Gasteiger partial charge is 0.308 e. The average molecular weight is 665 g/mol. The molecule has 1 saturated heterocycles. The quantitative estimate of drug-likeness (QED) is 0.241. The van der Waals surface area contributed by atoms with Crippen molar-refractivity contribution in [2.24, 2.45) is 5.92 Å². The van der Waals surface area contributed by atoms with E-state index in [-0.39, 0.29) is 45.0 Å². The van der Waals surface area contributed by atoms with Gasteiger partial charge < -0.3 is 9.47 Å². The Kier molecular flexibility index (Phi) is 17.8. The normalized spacial score (nSPS) is 15.4. The number of fused-ring (bicyclic) bond motifs is 1. The standard InChI is InChI=1S/C15H14N2OS.C9H16O2.C8H18N2O2S.2CH4/c1-10(2)18-15-14(13-8-5-9-19-13)16-11-6-3-4-7-12(11)17-15;1-7(2)9(10)11-8-5-3-4-6-8;1-8(2)9-13(11,12)10-6-4-3-5-7-10;;/h3-10H,1-2H3;7-8H,3-6H2,1-2H3;8-9H,3-7H2,1-2H3;2*1H4. The highest BCUT2D eigenvalue weighted by Gasteiger charge is 2.24. The van der Waals surface area contributed by atoms with Gasteiger partial charge >= 0.3 is 5.97 Å². The van der Waals surface area contributed by atoms with Crippen molar-refractivity contribution in [3.63, 3.8) is 0 Å². The zero-order chi connectivity index (χ0) is 31.4. The molecule has 254 valence electrons. The molecule has 1 aliphatic carbocycles. The van der Waals surface area contributed by atoms with E-state index in [0.29, 0.717) is 19.0 Å². The van der Waals surface area contributed by atoms with Crippen molar-refractivity contribution in [2.75, 3.05) is 13.1 Å². The second-order valence-corrected chi connectivity index (χ2v) is 14.4. The maximum atomic E-state index is 11.6. The number of piperidine rings is 1. The molecule has 1 N–H and O–H groups in total.